The highest BCUT2D eigenvalue weighted by molar-refractivity contribution is 7.98. The Morgan fingerprint density at radius 3 is 2.47 bits per heavy atom. The molecule has 0 atom stereocenters. The summed E-state index contributed by atoms with van der Waals surface area (Å²) in [6.45, 7) is 0. The Kier molecular flexibility index (Phi) is 6.23. The molecule has 1 aromatic carbocycles. The topological polar surface area (TPSA) is 69.8 Å². The van der Waals surface area contributed by atoms with Gasteiger partial charge in [-0.15, -0.1) is 11.8 Å². The Morgan fingerprint density at radius 1 is 1.03 bits per heavy atom. The van der Waals surface area contributed by atoms with Gasteiger partial charge in [0.05, 0.1) is 10.0 Å². The number of aromatic nitrogens is 4. The normalized spacial score (nSPS) is 15.1. The van der Waals surface area contributed by atoms with Gasteiger partial charge in [0.15, 0.2) is 5.65 Å². The third-order valence-electron chi connectivity index (χ3n) is 5.61. The van der Waals surface area contributed by atoms with Crippen LogP contribution in [0.2, 0.25) is 10.0 Å². The number of rotatable bonds is 4. The van der Waals surface area contributed by atoms with E-state index in [1.54, 1.807) is 13.1 Å². The van der Waals surface area contributed by atoms with Gasteiger partial charge >= 0.3 is 5.69 Å². The number of fused-ring (bicyclic) bond motifs is 1. The Labute approximate surface area is 188 Å². The molecule has 0 spiro atoms. The van der Waals surface area contributed by atoms with E-state index in [4.69, 9.17) is 28.2 Å². The van der Waals surface area contributed by atoms with Crippen LogP contribution in [0.25, 0.3) is 11.0 Å². The van der Waals surface area contributed by atoms with Gasteiger partial charge < -0.3 is 0 Å². The van der Waals surface area contributed by atoms with Crippen LogP contribution in [-0.4, -0.2) is 19.1 Å². The monoisotopic (exact) mass is 464 g/mol. The molecule has 30 heavy (non-hydrogen) atoms. The lowest BCUT2D eigenvalue weighted by Gasteiger charge is -2.21. The summed E-state index contributed by atoms with van der Waals surface area (Å²) in [6.07, 6.45) is 5.57. The molecule has 0 bridgehead atoms. The zero-order valence-corrected chi connectivity index (χ0v) is 19.1. The summed E-state index contributed by atoms with van der Waals surface area (Å²) in [6, 6.07) is 5.48. The number of halogens is 2. The lowest BCUT2D eigenvalue weighted by Crippen LogP contribution is -2.38. The number of benzene rings is 1. The third-order valence-corrected chi connectivity index (χ3v) is 7.40. The summed E-state index contributed by atoms with van der Waals surface area (Å²) in [4.78, 5) is 34.9. The molecule has 2 heterocycles. The van der Waals surface area contributed by atoms with E-state index in [9.17, 15) is 9.59 Å². The molecule has 4 rings (SSSR count). The maximum absolute atomic E-state index is 12.9. The van der Waals surface area contributed by atoms with E-state index in [2.05, 4.69) is 4.98 Å². The minimum Gasteiger partial charge on any atom is -0.280 e. The van der Waals surface area contributed by atoms with Crippen molar-refractivity contribution in [3.63, 3.8) is 0 Å². The SMILES string of the molecule is Cn1c(=O)c2c(SCc3ccc(Cl)c(Cl)c3)nc(C3CCCCC3)nc2n(C)c1=O. The molecule has 1 aliphatic carbocycles. The minimum absolute atomic E-state index is 0.256. The van der Waals surface area contributed by atoms with Crippen molar-refractivity contribution in [3.8, 4) is 0 Å². The molecule has 0 amide bonds. The van der Waals surface area contributed by atoms with Crippen LogP contribution in [0.4, 0.5) is 0 Å². The molecule has 6 nitrogen and oxygen atoms in total. The van der Waals surface area contributed by atoms with Crippen LogP contribution in [-0.2, 0) is 19.8 Å². The van der Waals surface area contributed by atoms with Crippen molar-refractivity contribution >= 4 is 46.0 Å². The van der Waals surface area contributed by atoms with Crippen LogP contribution >= 0.6 is 35.0 Å². The molecular formula is C21H22Cl2N4O2S. The van der Waals surface area contributed by atoms with Gasteiger partial charge in [0.1, 0.15) is 16.2 Å². The standard InChI is InChI=1S/C21H22Cl2N4O2S/c1-26-18-16(20(28)27(2)21(26)29)19(25-17(24-18)13-6-4-3-5-7-13)30-11-12-8-9-14(22)15(23)10-12/h8-10,13H,3-7,11H2,1-2H3. The van der Waals surface area contributed by atoms with Crippen molar-refractivity contribution in [1.82, 2.24) is 19.1 Å². The summed E-state index contributed by atoms with van der Waals surface area (Å²) in [5.41, 5.74) is 0.610. The fourth-order valence-electron chi connectivity index (χ4n) is 3.87. The van der Waals surface area contributed by atoms with Crippen molar-refractivity contribution in [2.24, 2.45) is 14.1 Å². The quantitative estimate of drug-likeness (QED) is 0.414. The van der Waals surface area contributed by atoms with E-state index < -0.39 is 0 Å². The summed E-state index contributed by atoms with van der Waals surface area (Å²) in [5, 5.41) is 1.97. The molecule has 0 N–H and O–H groups in total. The Bertz CT molecular complexity index is 1230. The van der Waals surface area contributed by atoms with Crippen molar-refractivity contribution in [3.05, 3.63) is 60.5 Å². The molecule has 3 aromatic rings. The Hall–Kier alpha value is -1.83. The molecule has 1 saturated carbocycles. The van der Waals surface area contributed by atoms with Crippen LogP contribution < -0.4 is 11.2 Å². The minimum atomic E-state index is -0.388. The molecule has 1 aliphatic rings. The lowest BCUT2D eigenvalue weighted by molar-refractivity contribution is 0.427. The van der Waals surface area contributed by atoms with Crippen LogP contribution in [0.5, 0.6) is 0 Å². The number of aryl methyl sites for hydroxylation is 1. The average molecular weight is 465 g/mol. The summed E-state index contributed by atoms with van der Waals surface area (Å²) in [7, 11) is 3.13. The number of hydrogen-bond donors (Lipinski definition) is 0. The molecule has 0 radical (unpaired) electrons. The summed E-state index contributed by atoms with van der Waals surface area (Å²) >= 11 is 13.6. The molecule has 9 heteroatoms. The van der Waals surface area contributed by atoms with E-state index in [1.807, 2.05) is 12.1 Å². The second-order valence-electron chi connectivity index (χ2n) is 7.66. The van der Waals surface area contributed by atoms with Crippen molar-refractivity contribution in [1.29, 1.82) is 0 Å². The molecule has 0 aliphatic heterocycles. The van der Waals surface area contributed by atoms with Crippen LogP contribution in [0.15, 0.2) is 32.8 Å². The second-order valence-corrected chi connectivity index (χ2v) is 9.44. The maximum atomic E-state index is 12.9. The van der Waals surface area contributed by atoms with E-state index in [1.165, 1.54) is 29.8 Å². The molecular weight excluding hydrogens is 443 g/mol. The third kappa shape index (κ3) is 4.03. The highest BCUT2D eigenvalue weighted by atomic mass is 35.5. The number of hydrogen-bond acceptors (Lipinski definition) is 5. The van der Waals surface area contributed by atoms with Crippen molar-refractivity contribution < 1.29 is 0 Å². The summed E-state index contributed by atoms with van der Waals surface area (Å²) < 4.78 is 2.54. The highest BCUT2D eigenvalue weighted by Gasteiger charge is 2.23. The predicted octanol–water partition coefficient (Wildman–Crippen LogP) is 4.67. The second kappa shape index (κ2) is 8.73. The Balaban J connectivity index is 1.83. The van der Waals surface area contributed by atoms with Gasteiger partial charge in [-0.3, -0.25) is 13.9 Å². The summed E-state index contributed by atoms with van der Waals surface area (Å²) in [5.74, 6) is 1.55. The first kappa shape index (κ1) is 21.4. The van der Waals surface area contributed by atoms with Crippen LogP contribution in [0, 0.1) is 0 Å². The first-order valence-electron chi connectivity index (χ1n) is 9.91. The van der Waals surface area contributed by atoms with E-state index in [0.717, 1.165) is 41.6 Å². The molecule has 1 fully saturated rings. The molecule has 158 valence electrons. The van der Waals surface area contributed by atoms with Crippen LogP contribution in [0.1, 0.15) is 49.4 Å². The molecule has 2 aromatic heterocycles. The molecule has 0 unspecified atom stereocenters. The average Bonchev–Trinajstić information content (AvgIpc) is 2.77. The first-order valence-corrected chi connectivity index (χ1v) is 11.7. The van der Waals surface area contributed by atoms with E-state index >= 15 is 0 Å². The molecule has 0 saturated heterocycles. The predicted molar refractivity (Wildman–Crippen MR) is 122 cm³/mol. The van der Waals surface area contributed by atoms with Gasteiger partial charge in [0, 0.05) is 25.8 Å². The number of thioether (sulfide) groups is 1. The van der Waals surface area contributed by atoms with Gasteiger partial charge in [0.2, 0.25) is 0 Å². The lowest BCUT2D eigenvalue weighted by atomic mass is 9.89. The highest BCUT2D eigenvalue weighted by Crippen LogP contribution is 2.34. The zero-order valence-electron chi connectivity index (χ0n) is 16.8. The van der Waals surface area contributed by atoms with Crippen molar-refractivity contribution in [2.75, 3.05) is 0 Å². The first-order chi connectivity index (χ1) is 14.4. The zero-order chi connectivity index (χ0) is 21.4. The van der Waals surface area contributed by atoms with E-state index in [-0.39, 0.29) is 17.2 Å². The largest absolute Gasteiger partial charge is 0.332 e. The smallest absolute Gasteiger partial charge is 0.280 e. The van der Waals surface area contributed by atoms with Gasteiger partial charge in [-0.05, 0) is 30.5 Å². The van der Waals surface area contributed by atoms with Gasteiger partial charge in [-0.25, -0.2) is 14.8 Å². The van der Waals surface area contributed by atoms with Gasteiger partial charge in [-0.1, -0.05) is 48.5 Å². The number of nitrogens with zero attached hydrogens (tertiary/aromatic N) is 4. The fraction of sp³-hybridized carbons (Fsp3) is 0.429. The maximum Gasteiger partial charge on any atom is 0.332 e. The van der Waals surface area contributed by atoms with Gasteiger partial charge in [-0.2, -0.15) is 0 Å². The van der Waals surface area contributed by atoms with Crippen molar-refractivity contribution in [2.45, 2.75) is 48.8 Å². The fourth-order valence-corrected chi connectivity index (χ4v) is 5.16. The van der Waals surface area contributed by atoms with Crippen LogP contribution in [0.3, 0.4) is 0 Å². The van der Waals surface area contributed by atoms with E-state index in [0.29, 0.717) is 31.9 Å². The Morgan fingerprint density at radius 2 is 1.77 bits per heavy atom. The van der Waals surface area contributed by atoms with Gasteiger partial charge in [0.25, 0.3) is 5.56 Å².